The Morgan fingerprint density at radius 1 is 1.10 bits per heavy atom. The third-order valence-electron chi connectivity index (χ3n) is 4.97. The number of benzene rings is 2. The number of ether oxygens (including phenoxy) is 3. The summed E-state index contributed by atoms with van der Waals surface area (Å²) in [4.78, 5) is 6.88. The molecule has 1 aliphatic rings. The van der Waals surface area contributed by atoms with Gasteiger partial charge in [-0.05, 0) is 49.2 Å². The maximum atomic E-state index is 10.0. The van der Waals surface area contributed by atoms with E-state index in [0.29, 0.717) is 25.5 Å². The summed E-state index contributed by atoms with van der Waals surface area (Å²) in [5.74, 6) is 2.15. The number of nitrogens with zero attached hydrogens (tertiary/aromatic N) is 2. The lowest BCUT2D eigenvalue weighted by molar-refractivity contribution is 0.117. The van der Waals surface area contributed by atoms with E-state index in [9.17, 15) is 5.11 Å². The summed E-state index contributed by atoms with van der Waals surface area (Å²) < 4.78 is 16.5. The SMILES string of the molecule is COc1nc2cc(C)ccc2cc1CN(Cc1ccc2c(c1)OCO2)C[C@@H](C)O. The Labute approximate surface area is 170 Å². The normalized spacial score (nSPS) is 13.8. The average molecular weight is 394 g/mol. The molecule has 6 nitrogen and oxygen atoms in total. The van der Waals surface area contributed by atoms with Gasteiger partial charge in [0.2, 0.25) is 12.7 Å². The van der Waals surface area contributed by atoms with Crippen LogP contribution in [0.4, 0.5) is 0 Å². The van der Waals surface area contributed by atoms with Crippen molar-refractivity contribution in [3.8, 4) is 17.4 Å². The fraction of sp³-hybridized carbons (Fsp3) is 0.348. The number of aliphatic hydroxyl groups excluding tert-OH is 1. The highest BCUT2D eigenvalue weighted by molar-refractivity contribution is 5.80. The van der Waals surface area contributed by atoms with Crippen molar-refractivity contribution in [1.29, 1.82) is 0 Å². The Morgan fingerprint density at radius 2 is 1.93 bits per heavy atom. The van der Waals surface area contributed by atoms with Gasteiger partial charge >= 0.3 is 0 Å². The van der Waals surface area contributed by atoms with Gasteiger partial charge in [0.1, 0.15) is 0 Å². The molecule has 0 fully saturated rings. The van der Waals surface area contributed by atoms with E-state index in [1.807, 2.05) is 18.2 Å². The summed E-state index contributed by atoms with van der Waals surface area (Å²) in [5.41, 5.74) is 4.17. The van der Waals surface area contributed by atoms with Crippen LogP contribution < -0.4 is 14.2 Å². The van der Waals surface area contributed by atoms with Crippen molar-refractivity contribution in [2.45, 2.75) is 33.0 Å². The van der Waals surface area contributed by atoms with E-state index >= 15 is 0 Å². The first kappa shape index (κ1) is 19.5. The van der Waals surface area contributed by atoms with E-state index in [2.05, 4.69) is 36.1 Å². The molecule has 6 heteroatoms. The summed E-state index contributed by atoms with van der Waals surface area (Å²) in [7, 11) is 1.64. The lowest BCUT2D eigenvalue weighted by atomic mass is 10.1. The quantitative estimate of drug-likeness (QED) is 0.660. The van der Waals surface area contributed by atoms with Crippen molar-refractivity contribution in [1.82, 2.24) is 9.88 Å². The summed E-state index contributed by atoms with van der Waals surface area (Å²) in [5, 5.41) is 11.1. The smallest absolute Gasteiger partial charge is 0.231 e. The van der Waals surface area contributed by atoms with Gasteiger partial charge < -0.3 is 19.3 Å². The van der Waals surface area contributed by atoms with Gasteiger partial charge in [0, 0.05) is 30.6 Å². The predicted octanol–water partition coefficient (Wildman–Crippen LogP) is 3.66. The third kappa shape index (κ3) is 4.44. The van der Waals surface area contributed by atoms with Gasteiger partial charge in [-0.25, -0.2) is 4.98 Å². The van der Waals surface area contributed by atoms with Crippen LogP contribution in [0.2, 0.25) is 0 Å². The molecule has 0 saturated carbocycles. The van der Waals surface area contributed by atoms with Crippen LogP contribution in [0.5, 0.6) is 17.4 Å². The molecule has 1 atom stereocenters. The molecule has 3 aromatic rings. The van der Waals surface area contributed by atoms with Crippen molar-refractivity contribution in [3.63, 3.8) is 0 Å². The van der Waals surface area contributed by atoms with Gasteiger partial charge in [0.05, 0.1) is 18.7 Å². The molecule has 2 heterocycles. The van der Waals surface area contributed by atoms with Gasteiger partial charge in [-0.15, -0.1) is 0 Å². The molecule has 4 rings (SSSR count). The molecule has 1 aliphatic heterocycles. The summed E-state index contributed by atoms with van der Waals surface area (Å²) >= 11 is 0. The topological polar surface area (TPSA) is 64.1 Å². The van der Waals surface area contributed by atoms with Crippen molar-refractivity contribution in [2.24, 2.45) is 0 Å². The Balaban J connectivity index is 1.61. The Morgan fingerprint density at radius 3 is 2.72 bits per heavy atom. The summed E-state index contributed by atoms with van der Waals surface area (Å²) in [6, 6.07) is 14.3. The highest BCUT2D eigenvalue weighted by atomic mass is 16.7. The number of aromatic nitrogens is 1. The largest absolute Gasteiger partial charge is 0.481 e. The molecule has 0 amide bonds. The number of pyridine rings is 1. The molecule has 0 unspecified atom stereocenters. The first-order chi connectivity index (χ1) is 14.0. The van der Waals surface area contributed by atoms with Crippen molar-refractivity contribution < 1.29 is 19.3 Å². The third-order valence-corrected chi connectivity index (χ3v) is 4.97. The molecule has 0 spiro atoms. The van der Waals surface area contributed by atoms with E-state index < -0.39 is 6.10 Å². The van der Waals surface area contributed by atoms with Gasteiger partial charge in [0.15, 0.2) is 11.5 Å². The Kier molecular flexibility index (Phi) is 5.56. The minimum atomic E-state index is -0.453. The highest BCUT2D eigenvalue weighted by Crippen LogP contribution is 2.33. The van der Waals surface area contributed by atoms with Crippen molar-refractivity contribution in [2.75, 3.05) is 20.4 Å². The zero-order chi connectivity index (χ0) is 20.4. The minimum absolute atomic E-state index is 0.260. The Hall–Kier alpha value is -2.83. The van der Waals surface area contributed by atoms with Gasteiger partial charge in [-0.1, -0.05) is 18.2 Å². The molecule has 29 heavy (non-hydrogen) atoms. The highest BCUT2D eigenvalue weighted by Gasteiger charge is 2.18. The van der Waals surface area contributed by atoms with E-state index in [1.165, 1.54) is 5.56 Å². The van der Waals surface area contributed by atoms with Crippen LogP contribution in [-0.4, -0.2) is 41.5 Å². The van der Waals surface area contributed by atoms with Crippen LogP contribution in [0.3, 0.4) is 0 Å². The van der Waals surface area contributed by atoms with Crippen LogP contribution in [-0.2, 0) is 13.1 Å². The predicted molar refractivity (Wildman–Crippen MR) is 111 cm³/mol. The second kappa shape index (κ2) is 8.27. The molecule has 2 aromatic carbocycles. The van der Waals surface area contributed by atoms with Crippen LogP contribution in [0, 0.1) is 6.92 Å². The molecule has 0 bridgehead atoms. The van der Waals surface area contributed by atoms with Crippen LogP contribution in [0.25, 0.3) is 10.9 Å². The molecule has 1 aromatic heterocycles. The molecule has 1 N–H and O–H groups in total. The van der Waals surface area contributed by atoms with E-state index in [0.717, 1.165) is 33.5 Å². The molecular formula is C23H26N2O4. The molecular weight excluding hydrogens is 368 g/mol. The van der Waals surface area contributed by atoms with E-state index in [1.54, 1.807) is 14.0 Å². The van der Waals surface area contributed by atoms with Crippen molar-refractivity contribution in [3.05, 3.63) is 59.2 Å². The maximum Gasteiger partial charge on any atom is 0.231 e. The van der Waals surface area contributed by atoms with Crippen LogP contribution in [0.15, 0.2) is 42.5 Å². The van der Waals surface area contributed by atoms with Gasteiger partial charge in [0.25, 0.3) is 0 Å². The van der Waals surface area contributed by atoms with Gasteiger partial charge in [-0.2, -0.15) is 0 Å². The zero-order valence-electron chi connectivity index (χ0n) is 17.0. The number of rotatable bonds is 7. The summed E-state index contributed by atoms with van der Waals surface area (Å²) in [6.45, 7) is 5.91. The lowest BCUT2D eigenvalue weighted by Gasteiger charge is -2.25. The second-order valence-corrected chi connectivity index (χ2v) is 7.56. The number of hydrogen-bond donors (Lipinski definition) is 1. The van der Waals surface area contributed by atoms with E-state index in [-0.39, 0.29) is 6.79 Å². The summed E-state index contributed by atoms with van der Waals surface area (Å²) in [6.07, 6.45) is -0.453. The molecule has 0 aliphatic carbocycles. The molecule has 0 saturated heterocycles. The van der Waals surface area contributed by atoms with Crippen molar-refractivity contribution >= 4 is 10.9 Å². The van der Waals surface area contributed by atoms with Gasteiger partial charge in [-0.3, -0.25) is 4.90 Å². The second-order valence-electron chi connectivity index (χ2n) is 7.56. The molecule has 152 valence electrons. The number of aliphatic hydroxyl groups is 1. The number of aryl methyl sites for hydroxylation is 1. The van der Waals surface area contributed by atoms with Crippen LogP contribution in [0.1, 0.15) is 23.6 Å². The fourth-order valence-electron chi connectivity index (χ4n) is 3.69. The number of hydrogen-bond acceptors (Lipinski definition) is 6. The Bertz CT molecular complexity index is 1020. The maximum absolute atomic E-state index is 10.0. The number of methoxy groups -OCH3 is 1. The number of fused-ring (bicyclic) bond motifs is 2. The minimum Gasteiger partial charge on any atom is -0.481 e. The zero-order valence-corrected chi connectivity index (χ0v) is 17.0. The average Bonchev–Trinajstić information content (AvgIpc) is 3.15. The fourth-order valence-corrected chi connectivity index (χ4v) is 3.69. The first-order valence-corrected chi connectivity index (χ1v) is 9.75. The standard InChI is InChI=1S/C23H26N2O4/c1-15-4-6-18-10-19(23(27-3)24-20(18)8-15)13-25(11-16(2)26)12-17-5-7-21-22(9-17)29-14-28-21/h4-10,16,26H,11-14H2,1-3H3/t16-/m1/s1. The first-order valence-electron chi connectivity index (χ1n) is 9.75. The molecule has 0 radical (unpaired) electrons. The monoisotopic (exact) mass is 394 g/mol. The van der Waals surface area contributed by atoms with E-state index in [4.69, 9.17) is 19.2 Å². The van der Waals surface area contributed by atoms with Crippen LogP contribution >= 0.6 is 0 Å². The lowest BCUT2D eigenvalue weighted by Crippen LogP contribution is -2.30.